The molecule has 0 radical (unpaired) electrons. The van der Waals surface area contributed by atoms with Crippen molar-refractivity contribution in [1.29, 1.82) is 5.26 Å². The topological polar surface area (TPSA) is 78.9 Å². The minimum absolute atomic E-state index is 0.326. The molecule has 0 fully saturated rings. The summed E-state index contributed by atoms with van der Waals surface area (Å²) in [6.07, 6.45) is 0. The summed E-state index contributed by atoms with van der Waals surface area (Å²) < 4.78 is 0.772. The first-order valence-electron chi connectivity index (χ1n) is 4.96. The minimum Gasteiger partial charge on any atom is -0.398 e. The van der Waals surface area contributed by atoms with Gasteiger partial charge in [-0.2, -0.15) is 5.26 Å². The van der Waals surface area contributed by atoms with Crippen LogP contribution in [0.5, 0.6) is 0 Å². The van der Waals surface area contributed by atoms with Crippen molar-refractivity contribution in [2.75, 3.05) is 11.1 Å². The number of carbonyl (C=O) groups is 1. The molecule has 1 aromatic carbocycles. The summed E-state index contributed by atoms with van der Waals surface area (Å²) in [6.45, 7) is 0. The van der Waals surface area contributed by atoms with Gasteiger partial charge < -0.3 is 11.1 Å². The van der Waals surface area contributed by atoms with Gasteiger partial charge in [-0.1, -0.05) is 15.9 Å². The second-order valence-corrected chi connectivity index (χ2v) is 5.29. The molecular weight excluding hydrogens is 314 g/mol. The molecule has 0 aliphatic rings. The van der Waals surface area contributed by atoms with Crippen LogP contribution in [0.15, 0.2) is 34.1 Å². The van der Waals surface area contributed by atoms with E-state index in [4.69, 9.17) is 11.0 Å². The van der Waals surface area contributed by atoms with Crippen LogP contribution in [-0.2, 0) is 0 Å². The first-order valence-corrected chi connectivity index (χ1v) is 6.63. The van der Waals surface area contributed by atoms with Crippen LogP contribution in [0, 0.1) is 11.3 Å². The molecule has 0 saturated heterocycles. The molecular formula is C12H8BrN3OS. The monoisotopic (exact) mass is 321 g/mol. The number of benzene rings is 1. The Morgan fingerprint density at radius 2 is 2.22 bits per heavy atom. The highest BCUT2D eigenvalue weighted by molar-refractivity contribution is 9.10. The minimum atomic E-state index is -0.326. The van der Waals surface area contributed by atoms with Gasteiger partial charge in [-0.05, 0) is 29.6 Å². The van der Waals surface area contributed by atoms with Gasteiger partial charge in [0.1, 0.15) is 11.1 Å². The van der Waals surface area contributed by atoms with Gasteiger partial charge in [-0.15, -0.1) is 11.3 Å². The summed E-state index contributed by atoms with van der Waals surface area (Å²) >= 11 is 4.59. The van der Waals surface area contributed by atoms with E-state index < -0.39 is 0 Å². The Balaban J connectivity index is 2.28. The van der Waals surface area contributed by atoms with Crippen LogP contribution in [0.25, 0.3) is 0 Å². The molecule has 90 valence electrons. The van der Waals surface area contributed by atoms with E-state index in [2.05, 4.69) is 21.2 Å². The van der Waals surface area contributed by atoms with Gasteiger partial charge in [0.2, 0.25) is 0 Å². The third kappa shape index (κ3) is 2.53. The molecule has 0 saturated carbocycles. The first kappa shape index (κ1) is 12.6. The molecule has 0 aliphatic heterocycles. The third-order valence-electron chi connectivity index (χ3n) is 2.27. The largest absolute Gasteiger partial charge is 0.398 e. The standard InChI is InChI=1S/C12H8BrN3OS/c13-8-1-2-10(15)9(5-8)11(17)16-12-7(6-14)3-4-18-12/h1-5H,15H2,(H,16,17). The second-order valence-electron chi connectivity index (χ2n) is 3.46. The molecule has 0 spiro atoms. The fourth-order valence-corrected chi connectivity index (χ4v) is 2.48. The van der Waals surface area contributed by atoms with Gasteiger partial charge in [0, 0.05) is 10.2 Å². The SMILES string of the molecule is N#Cc1ccsc1NC(=O)c1cc(Br)ccc1N. The summed E-state index contributed by atoms with van der Waals surface area (Å²) in [5, 5.41) is 13.8. The number of anilines is 2. The summed E-state index contributed by atoms with van der Waals surface area (Å²) in [6, 6.07) is 8.73. The number of thiophene rings is 1. The molecule has 0 bridgehead atoms. The quantitative estimate of drug-likeness (QED) is 0.833. The molecule has 6 heteroatoms. The second kappa shape index (κ2) is 5.21. The number of nitrogens with one attached hydrogen (secondary N) is 1. The fraction of sp³-hybridized carbons (Fsp3) is 0. The molecule has 0 unspecified atom stereocenters. The van der Waals surface area contributed by atoms with Crippen molar-refractivity contribution in [2.24, 2.45) is 0 Å². The van der Waals surface area contributed by atoms with E-state index in [-0.39, 0.29) is 5.91 Å². The molecule has 1 amide bonds. The lowest BCUT2D eigenvalue weighted by atomic mass is 10.1. The highest BCUT2D eigenvalue weighted by atomic mass is 79.9. The number of hydrogen-bond donors (Lipinski definition) is 2. The molecule has 0 atom stereocenters. The lowest BCUT2D eigenvalue weighted by molar-refractivity contribution is 0.102. The highest BCUT2D eigenvalue weighted by Crippen LogP contribution is 2.25. The van der Waals surface area contributed by atoms with E-state index in [9.17, 15) is 4.79 Å². The number of nitrogen functional groups attached to an aromatic ring is 1. The number of nitrogens with two attached hydrogens (primary N) is 1. The van der Waals surface area contributed by atoms with Gasteiger partial charge >= 0.3 is 0 Å². The molecule has 1 heterocycles. The van der Waals surface area contributed by atoms with Crippen molar-refractivity contribution in [1.82, 2.24) is 0 Å². The summed E-state index contributed by atoms with van der Waals surface area (Å²) in [7, 11) is 0. The zero-order valence-corrected chi connectivity index (χ0v) is 11.5. The maximum Gasteiger partial charge on any atom is 0.258 e. The van der Waals surface area contributed by atoms with Crippen molar-refractivity contribution >= 4 is 43.9 Å². The molecule has 2 rings (SSSR count). The Kier molecular flexibility index (Phi) is 3.65. The number of nitriles is 1. The van der Waals surface area contributed by atoms with Crippen LogP contribution in [-0.4, -0.2) is 5.91 Å². The molecule has 4 nitrogen and oxygen atoms in total. The third-order valence-corrected chi connectivity index (χ3v) is 3.60. The van der Waals surface area contributed by atoms with Gasteiger partial charge in [0.25, 0.3) is 5.91 Å². The Bertz CT molecular complexity index is 645. The predicted octanol–water partition coefficient (Wildman–Crippen LogP) is 3.22. The number of rotatable bonds is 2. The van der Waals surface area contributed by atoms with Crippen LogP contribution in [0.1, 0.15) is 15.9 Å². The van der Waals surface area contributed by atoms with Crippen molar-refractivity contribution in [3.63, 3.8) is 0 Å². The van der Waals surface area contributed by atoms with Gasteiger partial charge in [-0.3, -0.25) is 4.79 Å². The van der Waals surface area contributed by atoms with Crippen LogP contribution in [0.3, 0.4) is 0 Å². The summed E-state index contributed by atoms with van der Waals surface area (Å²) in [4.78, 5) is 12.0. The number of halogens is 1. The maximum absolute atomic E-state index is 12.0. The van der Waals surface area contributed by atoms with Crippen molar-refractivity contribution < 1.29 is 4.79 Å². The molecule has 3 N–H and O–H groups in total. The van der Waals surface area contributed by atoms with Gasteiger partial charge in [0.05, 0.1) is 11.1 Å². The predicted molar refractivity (Wildman–Crippen MR) is 75.5 cm³/mol. The van der Waals surface area contributed by atoms with Crippen LogP contribution in [0.2, 0.25) is 0 Å². The first-order chi connectivity index (χ1) is 8.61. The van der Waals surface area contributed by atoms with Crippen LogP contribution in [0.4, 0.5) is 10.7 Å². The number of carbonyl (C=O) groups excluding carboxylic acids is 1. The van der Waals surface area contributed by atoms with Crippen LogP contribution >= 0.6 is 27.3 Å². The Morgan fingerprint density at radius 3 is 2.94 bits per heavy atom. The Labute approximate surface area is 116 Å². The molecule has 0 aliphatic carbocycles. The lowest BCUT2D eigenvalue weighted by Gasteiger charge is -2.06. The van der Waals surface area contributed by atoms with E-state index in [1.165, 1.54) is 11.3 Å². The smallest absolute Gasteiger partial charge is 0.258 e. The molecule has 2 aromatic rings. The van der Waals surface area contributed by atoms with Gasteiger partial charge in [0.15, 0.2) is 0 Å². The highest BCUT2D eigenvalue weighted by Gasteiger charge is 2.13. The number of nitrogens with zero attached hydrogens (tertiary/aromatic N) is 1. The van der Waals surface area contributed by atoms with Crippen molar-refractivity contribution in [3.8, 4) is 6.07 Å². The van der Waals surface area contributed by atoms with E-state index in [0.29, 0.717) is 21.8 Å². The van der Waals surface area contributed by atoms with E-state index in [0.717, 1.165) is 4.47 Å². The maximum atomic E-state index is 12.0. The normalized spacial score (nSPS) is 9.78. The summed E-state index contributed by atoms with van der Waals surface area (Å²) in [5.74, 6) is -0.326. The van der Waals surface area contributed by atoms with Crippen LogP contribution < -0.4 is 11.1 Å². The number of hydrogen-bond acceptors (Lipinski definition) is 4. The Morgan fingerprint density at radius 1 is 1.44 bits per heavy atom. The van der Waals surface area contributed by atoms with Crippen molar-refractivity contribution in [2.45, 2.75) is 0 Å². The van der Waals surface area contributed by atoms with E-state index in [1.807, 2.05) is 6.07 Å². The van der Waals surface area contributed by atoms with E-state index >= 15 is 0 Å². The van der Waals surface area contributed by atoms with Gasteiger partial charge in [-0.25, -0.2) is 0 Å². The molecule has 1 aromatic heterocycles. The lowest BCUT2D eigenvalue weighted by Crippen LogP contribution is -2.13. The molecule has 18 heavy (non-hydrogen) atoms. The van der Waals surface area contributed by atoms with Crippen molar-refractivity contribution in [3.05, 3.63) is 45.2 Å². The van der Waals surface area contributed by atoms with E-state index in [1.54, 1.807) is 29.6 Å². The zero-order chi connectivity index (χ0) is 13.1. The average molecular weight is 322 g/mol. The summed E-state index contributed by atoms with van der Waals surface area (Å²) in [5.41, 5.74) is 6.96. The number of amides is 1. The zero-order valence-electron chi connectivity index (χ0n) is 9.11. The average Bonchev–Trinajstić information content (AvgIpc) is 2.79. The fourth-order valence-electron chi connectivity index (χ4n) is 1.39. The Hall–Kier alpha value is -1.84.